The van der Waals surface area contributed by atoms with Crippen LogP contribution in [0.4, 0.5) is 20.2 Å². The zero-order valence-corrected chi connectivity index (χ0v) is 20.5. The zero-order chi connectivity index (χ0) is 27.4. The minimum Gasteiger partial charge on any atom is -0.452 e. The number of benzene rings is 2. The molecule has 0 atom stereocenters. The smallest absolute Gasteiger partial charge is 0.240 e. The van der Waals surface area contributed by atoms with E-state index >= 15 is 4.39 Å². The Morgan fingerprint density at radius 2 is 1.62 bits per heavy atom. The van der Waals surface area contributed by atoms with Gasteiger partial charge in [0.2, 0.25) is 11.8 Å². The highest BCUT2D eigenvalue weighted by atomic mass is 19.1. The van der Waals surface area contributed by atoms with Gasteiger partial charge in [-0.3, -0.25) is 14.6 Å². The van der Waals surface area contributed by atoms with Crippen molar-refractivity contribution >= 4 is 35.2 Å². The number of nitrogens with one attached hydrogen (secondary N) is 4. The highest BCUT2D eigenvalue weighted by molar-refractivity contribution is 6.16. The van der Waals surface area contributed by atoms with Crippen LogP contribution in [0.3, 0.4) is 0 Å². The van der Waals surface area contributed by atoms with Gasteiger partial charge < -0.3 is 25.8 Å². The van der Waals surface area contributed by atoms with Crippen molar-refractivity contribution in [2.75, 3.05) is 10.6 Å². The highest BCUT2D eigenvalue weighted by Gasteiger charge is 2.56. The fourth-order valence-corrected chi connectivity index (χ4v) is 4.09. The molecule has 2 amide bonds. The van der Waals surface area contributed by atoms with Crippen LogP contribution in [0.25, 0.3) is 16.9 Å². The van der Waals surface area contributed by atoms with Crippen LogP contribution in [0.15, 0.2) is 85.3 Å². The number of carbonyl (C=O) groups excluding carboxylic acids is 2. The third-order valence-corrected chi connectivity index (χ3v) is 6.35. The van der Waals surface area contributed by atoms with Crippen LogP contribution in [0.5, 0.6) is 5.75 Å². The van der Waals surface area contributed by atoms with E-state index in [0.717, 1.165) is 23.4 Å². The topological polar surface area (TPSA) is 120 Å². The Hall–Kier alpha value is -5.12. The minimum atomic E-state index is -1.28. The fraction of sp³-hybridized carbons (Fsp3) is 0.103. The maximum atomic E-state index is 15.1. The summed E-state index contributed by atoms with van der Waals surface area (Å²) in [6, 6.07) is 14.6. The molecule has 0 saturated heterocycles. The lowest BCUT2D eigenvalue weighted by Gasteiger charge is -2.16. The zero-order valence-electron chi connectivity index (χ0n) is 20.5. The summed E-state index contributed by atoms with van der Waals surface area (Å²) in [5.74, 6) is -2.17. The third-order valence-electron chi connectivity index (χ3n) is 6.35. The number of amides is 2. The molecule has 8 nitrogen and oxygen atoms in total. The van der Waals surface area contributed by atoms with Gasteiger partial charge in [0.15, 0.2) is 17.3 Å². The van der Waals surface area contributed by atoms with Crippen molar-refractivity contribution < 1.29 is 23.1 Å². The van der Waals surface area contributed by atoms with Gasteiger partial charge >= 0.3 is 0 Å². The minimum absolute atomic E-state index is 0.119. The second kappa shape index (κ2) is 10.7. The van der Waals surface area contributed by atoms with E-state index in [0.29, 0.717) is 24.2 Å². The Morgan fingerprint density at radius 3 is 2.26 bits per heavy atom. The number of carbonyl (C=O) groups is 2. The molecule has 10 heteroatoms. The van der Waals surface area contributed by atoms with Crippen molar-refractivity contribution in [3.05, 3.63) is 103 Å². The molecule has 2 aromatic heterocycles. The number of aromatic amines is 1. The van der Waals surface area contributed by atoms with Crippen LogP contribution >= 0.6 is 0 Å². The summed E-state index contributed by atoms with van der Waals surface area (Å²) in [4.78, 5) is 32.8. The number of pyridine rings is 1. The van der Waals surface area contributed by atoms with Crippen LogP contribution in [0.1, 0.15) is 18.5 Å². The first-order chi connectivity index (χ1) is 18.9. The van der Waals surface area contributed by atoms with Crippen LogP contribution < -0.4 is 15.4 Å². The van der Waals surface area contributed by atoms with E-state index in [4.69, 9.17) is 10.1 Å². The summed E-state index contributed by atoms with van der Waals surface area (Å²) in [5, 5.41) is 12.8. The molecule has 0 radical (unpaired) electrons. The molecule has 0 bridgehead atoms. The average molecular weight is 528 g/mol. The Balaban J connectivity index is 1.29. The standard InChI is InChI=1S/C29H23F2N5O3/c30-19-1-3-20(4-2-19)35-27(37)29(11-12-29)28(38)36-21-5-6-24(23(31)17-21)39-25(7-13-32)26-22(10-16-34-26)18-8-14-33-15-9-18/h1-10,13-17,32,34H,11-12H2,(H,35,37)(H,36,38)/b25-7+,32-13?. The predicted octanol–water partition coefficient (Wildman–Crippen LogP) is 5.78. The summed E-state index contributed by atoms with van der Waals surface area (Å²) >= 11 is 0. The Kier molecular flexibility index (Phi) is 7.00. The number of halogens is 2. The number of rotatable bonds is 9. The van der Waals surface area contributed by atoms with Crippen molar-refractivity contribution in [3.8, 4) is 16.9 Å². The van der Waals surface area contributed by atoms with Crippen LogP contribution in [0, 0.1) is 22.5 Å². The number of nitrogens with zero attached hydrogens (tertiary/aromatic N) is 1. The molecular weight excluding hydrogens is 504 g/mol. The van der Waals surface area contributed by atoms with Gasteiger partial charge in [0.05, 0.1) is 5.69 Å². The average Bonchev–Trinajstić information content (AvgIpc) is 3.62. The van der Waals surface area contributed by atoms with E-state index in [1.54, 1.807) is 18.6 Å². The van der Waals surface area contributed by atoms with Crippen molar-refractivity contribution in [3.63, 3.8) is 0 Å². The van der Waals surface area contributed by atoms with Crippen molar-refractivity contribution in [2.45, 2.75) is 12.8 Å². The molecule has 5 rings (SSSR count). The first-order valence-corrected chi connectivity index (χ1v) is 12.0. The lowest BCUT2D eigenvalue weighted by molar-refractivity contribution is -0.131. The molecule has 1 aliphatic rings. The number of ether oxygens (including phenoxy) is 1. The van der Waals surface area contributed by atoms with Crippen molar-refractivity contribution in [1.82, 2.24) is 9.97 Å². The Labute approximate surface area is 222 Å². The molecule has 4 N–H and O–H groups in total. The molecular formula is C29H23F2N5O3. The lowest BCUT2D eigenvalue weighted by Crippen LogP contribution is -2.35. The van der Waals surface area contributed by atoms with Gasteiger partial charge in [-0.15, -0.1) is 0 Å². The largest absolute Gasteiger partial charge is 0.452 e. The normalized spacial score (nSPS) is 13.8. The molecule has 196 valence electrons. The third kappa shape index (κ3) is 5.45. The summed E-state index contributed by atoms with van der Waals surface area (Å²) in [6.45, 7) is 0. The maximum Gasteiger partial charge on any atom is 0.240 e. The van der Waals surface area contributed by atoms with Crippen molar-refractivity contribution in [2.24, 2.45) is 5.41 Å². The van der Waals surface area contributed by atoms with E-state index in [9.17, 15) is 14.0 Å². The monoisotopic (exact) mass is 527 g/mol. The second-order valence-electron chi connectivity index (χ2n) is 8.94. The summed E-state index contributed by atoms with van der Waals surface area (Å²) in [7, 11) is 0. The van der Waals surface area contributed by atoms with Gasteiger partial charge in [-0.1, -0.05) is 0 Å². The SMILES string of the molecule is N=C/C=C(/Oc1ccc(NC(=O)C2(C(=O)Nc3ccc(F)cc3)CC2)cc1F)c1[nH]ccc1-c1ccncc1. The molecule has 0 unspecified atom stereocenters. The quantitative estimate of drug-likeness (QED) is 0.125. The molecule has 39 heavy (non-hydrogen) atoms. The Morgan fingerprint density at radius 1 is 0.949 bits per heavy atom. The molecule has 1 aliphatic carbocycles. The summed E-state index contributed by atoms with van der Waals surface area (Å²) < 4.78 is 34.0. The number of H-pyrrole nitrogens is 1. The van der Waals surface area contributed by atoms with E-state index in [-0.39, 0.29) is 17.2 Å². The number of allylic oxidation sites excluding steroid dienone is 1. The highest BCUT2D eigenvalue weighted by Crippen LogP contribution is 2.47. The molecule has 0 spiro atoms. The van der Waals surface area contributed by atoms with E-state index in [1.165, 1.54) is 42.5 Å². The Bertz CT molecular complexity index is 1560. The van der Waals surface area contributed by atoms with Crippen LogP contribution in [0.2, 0.25) is 0 Å². The molecule has 0 aliphatic heterocycles. The van der Waals surface area contributed by atoms with Gasteiger partial charge in [0, 0.05) is 53.9 Å². The number of aromatic nitrogens is 2. The predicted molar refractivity (Wildman–Crippen MR) is 143 cm³/mol. The van der Waals surface area contributed by atoms with Gasteiger partial charge in [-0.2, -0.15) is 0 Å². The second-order valence-corrected chi connectivity index (χ2v) is 8.94. The number of anilines is 2. The number of hydrogen-bond donors (Lipinski definition) is 4. The van der Waals surface area contributed by atoms with E-state index in [1.807, 2.05) is 18.2 Å². The molecule has 1 fully saturated rings. The van der Waals surface area contributed by atoms with Gasteiger partial charge in [-0.05, 0) is 73.0 Å². The van der Waals surface area contributed by atoms with Gasteiger partial charge in [0.1, 0.15) is 11.2 Å². The van der Waals surface area contributed by atoms with Crippen LogP contribution in [-0.2, 0) is 9.59 Å². The molecule has 4 aromatic rings. The summed E-state index contributed by atoms with van der Waals surface area (Å²) in [5.41, 5.74) is 1.43. The number of hydrogen-bond acceptors (Lipinski definition) is 5. The maximum absolute atomic E-state index is 15.1. The van der Waals surface area contributed by atoms with E-state index < -0.39 is 28.9 Å². The molecule has 2 heterocycles. The fourth-order valence-electron chi connectivity index (χ4n) is 4.09. The lowest BCUT2D eigenvalue weighted by atomic mass is 10.0. The summed E-state index contributed by atoms with van der Waals surface area (Å²) in [6.07, 6.45) is 8.11. The first-order valence-electron chi connectivity index (χ1n) is 12.0. The molecule has 2 aromatic carbocycles. The first kappa shape index (κ1) is 25.5. The molecule has 1 saturated carbocycles. The van der Waals surface area contributed by atoms with Crippen LogP contribution in [-0.4, -0.2) is 28.0 Å². The van der Waals surface area contributed by atoms with Gasteiger partial charge in [-0.25, -0.2) is 8.78 Å². The van der Waals surface area contributed by atoms with Gasteiger partial charge in [0.25, 0.3) is 0 Å². The van der Waals surface area contributed by atoms with E-state index in [2.05, 4.69) is 20.6 Å². The van der Waals surface area contributed by atoms with Crippen molar-refractivity contribution in [1.29, 1.82) is 5.41 Å².